The highest BCUT2D eigenvalue weighted by Gasteiger charge is 2.22. The zero-order valence-corrected chi connectivity index (χ0v) is 19.5. The molecule has 0 atom stereocenters. The van der Waals surface area contributed by atoms with E-state index in [9.17, 15) is 4.79 Å². The number of nitrogens with zero attached hydrogens (tertiary/aromatic N) is 3. The Morgan fingerprint density at radius 2 is 1.97 bits per heavy atom. The van der Waals surface area contributed by atoms with Gasteiger partial charge >= 0.3 is 6.01 Å². The maximum Gasteiger partial charge on any atom is 0.315 e. The number of carbonyl (C=O) groups is 1. The van der Waals surface area contributed by atoms with Gasteiger partial charge in [-0.25, -0.2) is 0 Å². The minimum absolute atomic E-state index is 0.0856. The lowest BCUT2D eigenvalue weighted by atomic mass is 9.88. The Hall–Kier alpha value is -2.65. The number of anilines is 2. The zero-order chi connectivity index (χ0) is 22.9. The highest BCUT2D eigenvalue weighted by atomic mass is 16.5. The number of hydrogen-bond acceptors (Lipinski definition) is 8. The summed E-state index contributed by atoms with van der Waals surface area (Å²) >= 11 is 0. The zero-order valence-electron chi connectivity index (χ0n) is 19.5. The Kier molecular flexibility index (Phi) is 8.54. The van der Waals surface area contributed by atoms with E-state index in [2.05, 4.69) is 25.7 Å². The third-order valence-corrected chi connectivity index (χ3v) is 6.38. The smallest absolute Gasteiger partial charge is 0.315 e. The van der Waals surface area contributed by atoms with Crippen molar-refractivity contribution >= 4 is 17.6 Å². The number of rotatable bonds is 10. The molecule has 2 heterocycles. The second-order valence-corrected chi connectivity index (χ2v) is 8.74. The molecular weight excluding hydrogens is 422 g/mol. The molecule has 0 bridgehead atoms. The molecule has 0 spiro atoms. The second-order valence-electron chi connectivity index (χ2n) is 8.74. The van der Waals surface area contributed by atoms with Crippen molar-refractivity contribution in [3.05, 3.63) is 18.2 Å². The minimum Gasteiger partial charge on any atom is -0.496 e. The van der Waals surface area contributed by atoms with Gasteiger partial charge in [0.1, 0.15) is 5.75 Å². The molecule has 1 aromatic heterocycles. The van der Waals surface area contributed by atoms with Crippen LogP contribution in [0.15, 0.2) is 22.6 Å². The summed E-state index contributed by atoms with van der Waals surface area (Å²) in [6.45, 7) is 5.56. The molecule has 0 radical (unpaired) electrons. The Morgan fingerprint density at radius 3 is 2.76 bits per heavy atom. The molecule has 0 unspecified atom stereocenters. The number of nitrogens with one attached hydrogen (secondary N) is 2. The quantitative estimate of drug-likeness (QED) is 0.520. The average molecular weight is 458 g/mol. The average Bonchev–Trinajstić information content (AvgIpc) is 3.33. The van der Waals surface area contributed by atoms with E-state index in [1.807, 2.05) is 12.1 Å². The lowest BCUT2D eigenvalue weighted by Gasteiger charge is -2.26. The van der Waals surface area contributed by atoms with E-state index >= 15 is 0 Å². The van der Waals surface area contributed by atoms with Crippen LogP contribution in [0.5, 0.6) is 5.75 Å². The van der Waals surface area contributed by atoms with Crippen LogP contribution in [-0.2, 0) is 9.53 Å². The van der Waals surface area contributed by atoms with Crippen molar-refractivity contribution in [3.63, 3.8) is 0 Å². The molecule has 9 nitrogen and oxygen atoms in total. The summed E-state index contributed by atoms with van der Waals surface area (Å²) in [5, 5.41) is 14.5. The lowest BCUT2D eigenvalue weighted by Crippen LogP contribution is -2.36. The van der Waals surface area contributed by atoms with Gasteiger partial charge in [-0.2, -0.15) is 0 Å². The van der Waals surface area contributed by atoms with Crippen molar-refractivity contribution < 1.29 is 18.7 Å². The molecule has 1 aliphatic carbocycles. The van der Waals surface area contributed by atoms with Crippen LogP contribution in [0.25, 0.3) is 11.5 Å². The van der Waals surface area contributed by atoms with Crippen molar-refractivity contribution in [3.8, 4) is 17.2 Å². The monoisotopic (exact) mass is 457 g/mol. The van der Waals surface area contributed by atoms with Crippen molar-refractivity contribution in [1.29, 1.82) is 0 Å². The van der Waals surface area contributed by atoms with Gasteiger partial charge in [0, 0.05) is 37.3 Å². The third-order valence-electron chi connectivity index (χ3n) is 6.38. The van der Waals surface area contributed by atoms with E-state index in [1.165, 1.54) is 6.42 Å². The number of ether oxygens (including phenoxy) is 2. The van der Waals surface area contributed by atoms with Gasteiger partial charge in [-0.05, 0) is 44.4 Å². The summed E-state index contributed by atoms with van der Waals surface area (Å²) in [6.07, 6.45) is 7.53. The summed E-state index contributed by atoms with van der Waals surface area (Å²) in [7, 11) is 1.59. The van der Waals surface area contributed by atoms with Crippen LogP contribution in [0.2, 0.25) is 0 Å². The molecule has 9 heteroatoms. The molecule has 4 rings (SSSR count). The van der Waals surface area contributed by atoms with Crippen LogP contribution in [0.1, 0.15) is 44.9 Å². The second kappa shape index (κ2) is 12.0. The molecule has 1 aliphatic heterocycles. The molecule has 1 aromatic carbocycles. The van der Waals surface area contributed by atoms with Gasteiger partial charge in [-0.15, -0.1) is 5.10 Å². The maximum atomic E-state index is 12.6. The van der Waals surface area contributed by atoms with Gasteiger partial charge in [-0.1, -0.05) is 24.4 Å². The van der Waals surface area contributed by atoms with E-state index in [0.29, 0.717) is 28.9 Å². The number of amides is 1. The summed E-state index contributed by atoms with van der Waals surface area (Å²) in [5.74, 6) is 1.15. The number of hydrogen-bond donors (Lipinski definition) is 2. The molecule has 1 saturated carbocycles. The fourth-order valence-electron chi connectivity index (χ4n) is 4.44. The molecule has 2 fully saturated rings. The minimum atomic E-state index is 0.0856. The Labute approximate surface area is 195 Å². The first-order valence-electron chi connectivity index (χ1n) is 12.1. The van der Waals surface area contributed by atoms with Crippen LogP contribution < -0.4 is 15.4 Å². The normalized spacial score (nSPS) is 17.6. The molecule has 33 heavy (non-hydrogen) atoms. The van der Waals surface area contributed by atoms with Gasteiger partial charge in [0.15, 0.2) is 0 Å². The Morgan fingerprint density at radius 1 is 1.15 bits per heavy atom. The highest BCUT2D eigenvalue weighted by molar-refractivity contribution is 5.93. The van der Waals surface area contributed by atoms with Crippen LogP contribution in [0.3, 0.4) is 0 Å². The van der Waals surface area contributed by atoms with Crippen LogP contribution in [0, 0.1) is 5.92 Å². The van der Waals surface area contributed by atoms with Crippen molar-refractivity contribution in [2.24, 2.45) is 5.92 Å². The topological polar surface area (TPSA) is 102 Å². The predicted octanol–water partition coefficient (Wildman–Crippen LogP) is 3.79. The van der Waals surface area contributed by atoms with Gasteiger partial charge in [0.2, 0.25) is 5.91 Å². The van der Waals surface area contributed by atoms with Gasteiger partial charge in [0.25, 0.3) is 5.89 Å². The molecule has 180 valence electrons. The van der Waals surface area contributed by atoms with Crippen molar-refractivity contribution in [2.45, 2.75) is 44.9 Å². The van der Waals surface area contributed by atoms with E-state index in [0.717, 1.165) is 77.9 Å². The van der Waals surface area contributed by atoms with Crippen molar-refractivity contribution in [1.82, 2.24) is 15.1 Å². The number of aromatic nitrogens is 2. The molecule has 1 amide bonds. The first-order chi connectivity index (χ1) is 16.2. The summed E-state index contributed by atoms with van der Waals surface area (Å²) in [5.41, 5.74) is 1.41. The first-order valence-corrected chi connectivity index (χ1v) is 12.1. The number of benzene rings is 1. The van der Waals surface area contributed by atoms with Crippen LogP contribution in [0.4, 0.5) is 11.7 Å². The molecule has 1 saturated heterocycles. The van der Waals surface area contributed by atoms with E-state index < -0.39 is 0 Å². The van der Waals surface area contributed by atoms with Gasteiger partial charge in [-0.3, -0.25) is 9.69 Å². The summed E-state index contributed by atoms with van der Waals surface area (Å²) < 4.78 is 16.7. The fourth-order valence-corrected chi connectivity index (χ4v) is 4.44. The maximum absolute atomic E-state index is 12.6. The summed E-state index contributed by atoms with van der Waals surface area (Å²) in [4.78, 5) is 15.0. The van der Waals surface area contributed by atoms with Crippen molar-refractivity contribution in [2.75, 3.05) is 57.1 Å². The Balaban J connectivity index is 1.28. The largest absolute Gasteiger partial charge is 0.496 e. The van der Waals surface area contributed by atoms with Crippen LogP contribution >= 0.6 is 0 Å². The van der Waals surface area contributed by atoms with Gasteiger partial charge in [0.05, 0.1) is 25.9 Å². The van der Waals surface area contributed by atoms with E-state index in [4.69, 9.17) is 13.9 Å². The Bertz CT molecular complexity index is 891. The predicted molar refractivity (Wildman–Crippen MR) is 126 cm³/mol. The summed E-state index contributed by atoms with van der Waals surface area (Å²) in [6, 6.07) is 5.89. The molecular formula is C24H35N5O4. The van der Waals surface area contributed by atoms with Gasteiger partial charge < -0.3 is 24.5 Å². The van der Waals surface area contributed by atoms with Crippen LogP contribution in [-0.4, -0.2) is 67.5 Å². The number of unbranched alkanes of at least 4 members (excludes halogenated alkanes) is 1. The molecule has 2 N–H and O–H groups in total. The van der Waals surface area contributed by atoms with E-state index in [-0.39, 0.29) is 11.8 Å². The molecule has 2 aromatic rings. The highest BCUT2D eigenvalue weighted by Crippen LogP contribution is 2.33. The fraction of sp³-hybridized carbons (Fsp3) is 0.625. The molecule has 2 aliphatic rings. The number of morpholine rings is 1. The standard InChI is InChI=1S/C24H35N5O4/c1-31-21-17-19(26-22(30)18-7-3-2-4-8-18)9-10-20(21)23-27-28-24(33-23)25-11-5-6-12-29-13-15-32-16-14-29/h9-10,17-18H,2-8,11-16H2,1H3,(H,25,28)(H,26,30). The third kappa shape index (κ3) is 6.68. The lowest BCUT2D eigenvalue weighted by molar-refractivity contribution is -0.120. The number of carbonyl (C=O) groups excluding carboxylic acids is 1. The number of methoxy groups -OCH3 is 1. The van der Waals surface area contributed by atoms with E-state index in [1.54, 1.807) is 13.2 Å². The SMILES string of the molecule is COc1cc(NC(=O)C2CCCCC2)ccc1-c1nnc(NCCCCN2CCOCC2)o1. The first kappa shape index (κ1) is 23.5.